The smallest absolute Gasteiger partial charge is 0.284 e. The van der Waals surface area contributed by atoms with Gasteiger partial charge >= 0.3 is 5.69 Å². The van der Waals surface area contributed by atoms with Crippen LogP contribution < -0.4 is 5.69 Å². The Morgan fingerprint density at radius 3 is 3.09 bits per heavy atom. The van der Waals surface area contributed by atoms with Crippen molar-refractivity contribution in [3.63, 3.8) is 0 Å². The minimum Gasteiger partial charge on any atom is -0.284 e. The molecule has 0 aromatic carbocycles. The molecule has 1 heterocycles. The summed E-state index contributed by atoms with van der Waals surface area (Å²) in [5.74, 6) is 2.96. The number of nitrogens with one attached hydrogen (secondary N) is 1. The van der Waals surface area contributed by atoms with E-state index in [-0.39, 0.29) is 5.69 Å². The number of aromatic nitrogens is 3. The summed E-state index contributed by atoms with van der Waals surface area (Å²) >= 11 is 1.33. The van der Waals surface area contributed by atoms with Crippen molar-refractivity contribution in [3.8, 4) is 12.3 Å². The highest BCUT2D eigenvalue weighted by molar-refractivity contribution is 7.99. The molecular formula is C6H7N3OS. The molecule has 1 rings (SSSR count). The summed E-state index contributed by atoms with van der Waals surface area (Å²) in [5, 5.41) is 4.43. The minimum absolute atomic E-state index is 0.218. The Hall–Kier alpha value is -1.15. The fourth-order valence-electron chi connectivity index (χ4n) is 0.554. The molecule has 1 aromatic rings. The molecule has 58 valence electrons. The van der Waals surface area contributed by atoms with E-state index in [0.29, 0.717) is 10.9 Å². The van der Waals surface area contributed by atoms with E-state index >= 15 is 0 Å². The van der Waals surface area contributed by atoms with Crippen LogP contribution in [0.2, 0.25) is 0 Å². The maximum absolute atomic E-state index is 10.8. The van der Waals surface area contributed by atoms with Gasteiger partial charge in [0.25, 0.3) is 0 Å². The first-order chi connectivity index (χ1) is 5.24. The lowest BCUT2D eigenvalue weighted by Crippen LogP contribution is -2.13. The number of thioether (sulfide) groups is 1. The molecule has 0 radical (unpaired) electrons. The molecule has 0 fully saturated rings. The van der Waals surface area contributed by atoms with Crippen molar-refractivity contribution >= 4 is 11.8 Å². The lowest BCUT2D eigenvalue weighted by Gasteiger charge is -1.85. The van der Waals surface area contributed by atoms with Crippen LogP contribution in [-0.4, -0.2) is 20.5 Å². The number of aromatic amines is 1. The summed E-state index contributed by atoms with van der Waals surface area (Å²) in [6.07, 6.45) is 5.02. The van der Waals surface area contributed by atoms with Crippen molar-refractivity contribution in [2.75, 3.05) is 5.75 Å². The van der Waals surface area contributed by atoms with Crippen LogP contribution in [0.3, 0.4) is 0 Å². The topological polar surface area (TPSA) is 50.7 Å². The highest BCUT2D eigenvalue weighted by Crippen LogP contribution is 2.07. The van der Waals surface area contributed by atoms with E-state index < -0.39 is 0 Å². The van der Waals surface area contributed by atoms with Gasteiger partial charge in [-0.2, -0.15) is 0 Å². The molecule has 11 heavy (non-hydrogen) atoms. The highest BCUT2D eigenvalue weighted by Gasteiger charge is 1.99. The molecule has 0 saturated heterocycles. The lowest BCUT2D eigenvalue weighted by molar-refractivity contribution is 0.715. The van der Waals surface area contributed by atoms with Crippen LogP contribution in [-0.2, 0) is 7.05 Å². The first-order valence-electron chi connectivity index (χ1n) is 2.93. The summed E-state index contributed by atoms with van der Waals surface area (Å²) < 4.78 is 1.23. The van der Waals surface area contributed by atoms with Crippen molar-refractivity contribution in [1.82, 2.24) is 14.8 Å². The fourth-order valence-corrected chi connectivity index (χ4v) is 1.11. The maximum Gasteiger partial charge on any atom is 0.343 e. The van der Waals surface area contributed by atoms with Gasteiger partial charge in [-0.3, -0.25) is 4.98 Å². The minimum atomic E-state index is -0.218. The number of hydrogen-bond donors (Lipinski definition) is 1. The molecule has 1 aromatic heterocycles. The molecule has 4 nitrogen and oxygen atoms in total. The van der Waals surface area contributed by atoms with Crippen molar-refractivity contribution < 1.29 is 0 Å². The van der Waals surface area contributed by atoms with Crippen LogP contribution in [0.5, 0.6) is 0 Å². The fraction of sp³-hybridized carbons (Fsp3) is 0.333. The molecule has 0 spiro atoms. The van der Waals surface area contributed by atoms with Crippen LogP contribution in [0, 0.1) is 12.3 Å². The molecule has 0 atom stereocenters. The van der Waals surface area contributed by atoms with E-state index in [2.05, 4.69) is 16.0 Å². The summed E-state index contributed by atoms with van der Waals surface area (Å²) in [5.41, 5.74) is -0.218. The van der Waals surface area contributed by atoms with Crippen molar-refractivity contribution in [1.29, 1.82) is 0 Å². The van der Waals surface area contributed by atoms with E-state index in [1.807, 2.05) is 0 Å². The number of H-pyrrole nitrogens is 1. The predicted molar refractivity (Wildman–Crippen MR) is 43.4 cm³/mol. The number of nitrogens with zero attached hydrogens (tertiary/aromatic N) is 2. The molecule has 1 N–H and O–H groups in total. The standard InChI is InChI=1S/C6H7N3OS/c1-3-4-11-5-7-6(10)9(2)8-5/h1H,4H2,2H3,(H,7,8,10). The van der Waals surface area contributed by atoms with E-state index in [9.17, 15) is 4.79 Å². The third-order valence-corrected chi connectivity index (χ3v) is 1.81. The Balaban J connectivity index is 2.75. The normalized spacial score (nSPS) is 9.45. The second kappa shape index (κ2) is 3.30. The monoisotopic (exact) mass is 169 g/mol. The van der Waals surface area contributed by atoms with E-state index in [4.69, 9.17) is 6.42 Å². The van der Waals surface area contributed by atoms with Crippen LogP contribution in [0.1, 0.15) is 0 Å². The van der Waals surface area contributed by atoms with Gasteiger partial charge < -0.3 is 0 Å². The van der Waals surface area contributed by atoms with Gasteiger partial charge in [0, 0.05) is 7.05 Å². The van der Waals surface area contributed by atoms with Crippen molar-refractivity contribution in [2.24, 2.45) is 7.05 Å². The average Bonchev–Trinajstić information content (AvgIpc) is 2.28. The lowest BCUT2D eigenvalue weighted by atomic mass is 10.8. The third kappa shape index (κ3) is 1.88. The van der Waals surface area contributed by atoms with Gasteiger partial charge in [-0.25, -0.2) is 9.48 Å². The first-order valence-corrected chi connectivity index (χ1v) is 3.92. The van der Waals surface area contributed by atoms with E-state index in [1.165, 1.54) is 16.4 Å². The first kappa shape index (κ1) is 7.95. The molecule has 0 aliphatic carbocycles. The summed E-state index contributed by atoms with van der Waals surface area (Å²) in [6.45, 7) is 0. The molecule has 0 amide bonds. The van der Waals surface area contributed by atoms with Crippen LogP contribution >= 0.6 is 11.8 Å². The average molecular weight is 169 g/mol. The highest BCUT2D eigenvalue weighted by atomic mass is 32.2. The second-order valence-corrected chi connectivity index (χ2v) is 2.82. The van der Waals surface area contributed by atoms with E-state index in [1.54, 1.807) is 7.05 Å². The quantitative estimate of drug-likeness (QED) is 0.494. The molecule has 0 bridgehead atoms. The molecule has 5 heteroatoms. The van der Waals surface area contributed by atoms with Gasteiger partial charge in [0.15, 0.2) is 5.16 Å². The predicted octanol–water partition coefficient (Wildman–Crippen LogP) is -0.166. The van der Waals surface area contributed by atoms with Gasteiger partial charge in [-0.05, 0) is 0 Å². The van der Waals surface area contributed by atoms with Gasteiger partial charge in [-0.15, -0.1) is 11.5 Å². The van der Waals surface area contributed by atoms with Crippen LogP contribution in [0.25, 0.3) is 0 Å². The van der Waals surface area contributed by atoms with Gasteiger partial charge in [0.1, 0.15) is 0 Å². The number of aryl methyl sites for hydroxylation is 1. The second-order valence-electron chi connectivity index (χ2n) is 1.85. The Bertz CT molecular complexity index is 332. The van der Waals surface area contributed by atoms with Gasteiger partial charge in [0.05, 0.1) is 5.75 Å². The zero-order valence-corrected chi connectivity index (χ0v) is 6.81. The molecular weight excluding hydrogens is 162 g/mol. The maximum atomic E-state index is 10.8. The van der Waals surface area contributed by atoms with Crippen LogP contribution in [0.15, 0.2) is 9.95 Å². The molecule has 0 saturated carbocycles. The summed E-state index contributed by atoms with van der Waals surface area (Å²) in [4.78, 5) is 13.3. The zero-order chi connectivity index (χ0) is 8.27. The van der Waals surface area contributed by atoms with Gasteiger partial charge in [0.2, 0.25) is 0 Å². The van der Waals surface area contributed by atoms with Crippen LogP contribution in [0.4, 0.5) is 0 Å². The number of rotatable bonds is 2. The molecule has 0 aliphatic rings. The molecule has 0 unspecified atom stereocenters. The Kier molecular flexibility index (Phi) is 2.39. The largest absolute Gasteiger partial charge is 0.343 e. The number of terminal acetylenes is 1. The zero-order valence-electron chi connectivity index (χ0n) is 6.00. The van der Waals surface area contributed by atoms with Gasteiger partial charge in [-0.1, -0.05) is 17.7 Å². The summed E-state index contributed by atoms with van der Waals surface area (Å²) in [7, 11) is 1.58. The van der Waals surface area contributed by atoms with E-state index in [0.717, 1.165) is 0 Å². The third-order valence-electron chi connectivity index (χ3n) is 1.04. The SMILES string of the molecule is C#CCSc1nn(C)c(=O)[nH]1. The Morgan fingerprint density at radius 1 is 1.91 bits per heavy atom. The molecule has 0 aliphatic heterocycles. The number of hydrogen-bond acceptors (Lipinski definition) is 3. The Morgan fingerprint density at radius 2 is 2.64 bits per heavy atom. The van der Waals surface area contributed by atoms with Crippen molar-refractivity contribution in [2.45, 2.75) is 5.16 Å². The summed E-state index contributed by atoms with van der Waals surface area (Å²) in [6, 6.07) is 0. The Labute approximate surface area is 68.0 Å². The van der Waals surface area contributed by atoms with Crippen molar-refractivity contribution in [3.05, 3.63) is 10.5 Å².